The molecule has 5 nitrogen and oxygen atoms in total. The second kappa shape index (κ2) is 9.22. The minimum atomic E-state index is -8.72. The van der Waals surface area contributed by atoms with E-state index < -0.39 is 64.4 Å². The van der Waals surface area contributed by atoms with Gasteiger partial charge in [-0.3, -0.25) is 4.55 Å². The van der Waals surface area contributed by atoms with Gasteiger partial charge in [0.15, 0.2) is 0 Å². The van der Waals surface area contributed by atoms with E-state index >= 15 is 0 Å². The van der Waals surface area contributed by atoms with Crippen molar-refractivity contribution in [3.05, 3.63) is 0 Å². The van der Waals surface area contributed by atoms with Crippen LogP contribution in [0.3, 0.4) is 0 Å². The van der Waals surface area contributed by atoms with Crippen LogP contribution >= 0.6 is 0 Å². The molecule has 0 rings (SSSR count). The summed E-state index contributed by atoms with van der Waals surface area (Å²) >= 11 is 0. The van der Waals surface area contributed by atoms with Gasteiger partial charge in [0.2, 0.25) is 0 Å². The number of halogens is 18. The summed E-state index contributed by atoms with van der Waals surface area (Å²) in [6.07, 6.45) is -16.9. The summed E-state index contributed by atoms with van der Waals surface area (Å²) in [5, 5.41) is 8.24. The maximum Gasteiger partial charge on any atom is 0.460 e. The molecule has 24 heteroatoms. The predicted molar refractivity (Wildman–Crippen MR) is 68.2 cm³/mol. The Bertz CT molecular complexity index is 751. The van der Waals surface area contributed by atoms with Crippen molar-refractivity contribution in [2.75, 3.05) is 0 Å². The highest BCUT2D eigenvalue weighted by Gasteiger charge is 2.95. The summed E-state index contributed by atoms with van der Waals surface area (Å²) in [6, 6.07) is 0. The number of aliphatic hydroxyl groups excluding tert-OH is 1. The molecule has 1 unspecified atom stereocenters. The molecule has 0 aromatic carbocycles. The Hall–Kier alpha value is -1.43. The van der Waals surface area contributed by atoms with Gasteiger partial charge < -0.3 is 5.11 Å². The summed E-state index contributed by atoms with van der Waals surface area (Å²) in [6.45, 7) is 1.17. The molecule has 0 bridgehead atoms. The van der Waals surface area contributed by atoms with Gasteiger partial charge in [-0.15, -0.1) is 0 Å². The van der Waals surface area contributed by atoms with Crippen LogP contribution in [0.25, 0.3) is 0 Å². The van der Waals surface area contributed by atoms with Crippen molar-refractivity contribution in [3.63, 3.8) is 0 Å². The van der Waals surface area contributed by atoms with Crippen LogP contribution in [0.15, 0.2) is 0 Å². The molecule has 0 fully saturated rings. The Morgan fingerprint density at radius 1 is 0.529 bits per heavy atom. The van der Waals surface area contributed by atoms with Crippen molar-refractivity contribution >= 4 is 10.3 Å². The molecule has 0 aliphatic heterocycles. The molecular formula is C10H7F18NO4S. The zero-order valence-corrected chi connectivity index (χ0v) is 15.8. The van der Waals surface area contributed by atoms with E-state index in [9.17, 15) is 87.4 Å². The highest BCUT2D eigenvalue weighted by molar-refractivity contribution is 7.83. The van der Waals surface area contributed by atoms with Gasteiger partial charge >= 0.3 is 58.2 Å². The Morgan fingerprint density at radius 2 is 0.706 bits per heavy atom. The second-order valence-corrected chi connectivity index (χ2v) is 6.90. The lowest BCUT2D eigenvalue weighted by Gasteiger charge is -2.41. The minimum absolute atomic E-state index is 1.17. The van der Waals surface area contributed by atoms with Crippen LogP contribution in [-0.4, -0.2) is 72.2 Å². The zero-order chi connectivity index (χ0) is 28.8. The first-order valence-corrected chi connectivity index (χ1v) is 8.44. The van der Waals surface area contributed by atoms with E-state index in [0.29, 0.717) is 0 Å². The molecule has 0 aromatic rings. The molecule has 0 aliphatic rings. The maximum absolute atomic E-state index is 12.8. The average molecular weight is 579 g/mol. The first-order chi connectivity index (χ1) is 14.2. The van der Waals surface area contributed by atoms with Gasteiger partial charge in [0.25, 0.3) is 0 Å². The SMILES string of the molecule is CC(O)NS(=O)(=O)O.FC(F)(F)C(F)(F)C(F)(F)C(F)(F)C(F)(F)C(F)(F)C(F)(F)C(F)(F)F. The van der Waals surface area contributed by atoms with Gasteiger partial charge in [-0.05, 0) is 6.92 Å². The third-order valence-corrected chi connectivity index (χ3v) is 3.64. The van der Waals surface area contributed by atoms with Crippen molar-refractivity contribution in [1.29, 1.82) is 0 Å². The lowest BCUT2D eigenvalue weighted by atomic mass is 9.91. The van der Waals surface area contributed by atoms with Crippen LogP contribution in [0.2, 0.25) is 0 Å². The monoisotopic (exact) mass is 579 g/mol. The Labute approximate surface area is 174 Å². The molecule has 0 spiro atoms. The zero-order valence-electron chi connectivity index (χ0n) is 15.0. The lowest BCUT2D eigenvalue weighted by molar-refractivity contribution is -0.468. The number of hydrogen-bond acceptors (Lipinski definition) is 3. The van der Waals surface area contributed by atoms with Crippen LogP contribution < -0.4 is 4.72 Å². The lowest BCUT2D eigenvalue weighted by Crippen LogP contribution is -2.74. The summed E-state index contributed by atoms with van der Waals surface area (Å²) < 4.78 is 249. The fraction of sp³-hybridized carbons (Fsp3) is 1.00. The molecule has 0 heterocycles. The predicted octanol–water partition coefficient (Wildman–Crippen LogP) is 4.64. The van der Waals surface area contributed by atoms with E-state index in [0.717, 1.165) is 0 Å². The Balaban J connectivity index is 0. The van der Waals surface area contributed by atoms with E-state index in [1.807, 2.05) is 0 Å². The normalized spacial score (nSPS) is 16.6. The van der Waals surface area contributed by atoms with Crippen LogP contribution in [0, 0.1) is 0 Å². The molecule has 0 saturated carbocycles. The molecule has 34 heavy (non-hydrogen) atoms. The molecular weight excluding hydrogens is 572 g/mol. The first-order valence-electron chi connectivity index (χ1n) is 7.00. The van der Waals surface area contributed by atoms with Gasteiger partial charge in [0.05, 0.1) is 0 Å². The highest BCUT2D eigenvalue weighted by Crippen LogP contribution is 2.63. The average Bonchev–Trinajstić information content (AvgIpc) is 2.49. The summed E-state index contributed by atoms with van der Waals surface area (Å²) in [5.41, 5.74) is 0. The van der Waals surface area contributed by atoms with Crippen molar-refractivity contribution in [3.8, 4) is 0 Å². The molecule has 3 N–H and O–H groups in total. The van der Waals surface area contributed by atoms with Crippen LogP contribution in [0.1, 0.15) is 6.92 Å². The quantitative estimate of drug-likeness (QED) is 0.233. The number of hydrogen-bond donors (Lipinski definition) is 3. The summed E-state index contributed by atoms with van der Waals surface area (Å²) in [5.74, 6) is -51.0. The van der Waals surface area contributed by atoms with E-state index in [2.05, 4.69) is 0 Å². The third kappa shape index (κ3) is 6.03. The molecule has 0 radical (unpaired) electrons. The highest BCUT2D eigenvalue weighted by atomic mass is 32.2. The van der Waals surface area contributed by atoms with E-state index in [1.54, 1.807) is 0 Å². The topological polar surface area (TPSA) is 86.6 Å². The number of aliphatic hydroxyl groups is 1. The van der Waals surface area contributed by atoms with Crippen LogP contribution in [0.4, 0.5) is 79.0 Å². The van der Waals surface area contributed by atoms with Gasteiger partial charge in [-0.1, -0.05) is 0 Å². The van der Waals surface area contributed by atoms with Crippen LogP contribution in [-0.2, 0) is 10.3 Å². The smallest absolute Gasteiger partial charge is 0.378 e. The van der Waals surface area contributed by atoms with Crippen molar-refractivity contribution in [1.82, 2.24) is 4.72 Å². The van der Waals surface area contributed by atoms with Crippen molar-refractivity contribution < 1.29 is 97.1 Å². The maximum atomic E-state index is 12.8. The molecule has 0 saturated heterocycles. The third-order valence-electron chi connectivity index (χ3n) is 3.00. The molecule has 208 valence electrons. The van der Waals surface area contributed by atoms with Gasteiger partial charge in [0.1, 0.15) is 6.23 Å². The van der Waals surface area contributed by atoms with Crippen molar-refractivity contribution in [2.45, 2.75) is 61.0 Å². The van der Waals surface area contributed by atoms with Crippen LogP contribution in [0.5, 0.6) is 0 Å². The Morgan fingerprint density at radius 3 is 0.794 bits per heavy atom. The minimum Gasteiger partial charge on any atom is -0.378 e. The van der Waals surface area contributed by atoms with E-state index in [-0.39, 0.29) is 0 Å². The van der Waals surface area contributed by atoms with E-state index in [1.165, 1.54) is 11.6 Å². The molecule has 1 atom stereocenters. The number of alkyl halides is 18. The Kier molecular flexibility index (Phi) is 9.42. The van der Waals surface area contributed by atoms with E-state index in [4.69, 9.17) is 9.66 Å². The fourth-order valence-electron chi connectivity index (χ4n) is 1.36. The largest absolute Gasteiger partial charge is 0.460 e. The molecule has 0 aliphatic carbocycles. The number of rotatable bonds is 7. The van der Waals surface area contributed by atoms with Crippen molar-refractivity contribution in [2.24, 2.45) is 0 Å². The van der Waals surface area contributed by atoms with Gasteiger partial charge in [-0.25, -0.2) is 0 Å². The van der Waals surface area contributed by atoms with Gasteiger partial charge in [-0.2, -0.15) is 92.2 Å². The fourth-order valence-corrected chi connectivity index (χ4v) is 1.79. The first kappa shape index (κ1) is 34.7. The van der Waals surface area contributed by atoms with Gasteiger partial charge in [0, 0.05) is 0 Å². The standard InChI is InChI=1S/C8F18.C2H7NO4S/c9-1(10,3(13,14)5(17,18)7(21,22)23)2(11,12)4(15,16)6(19,20)8(24,25)26;1-2(4)3-8(5,6)7/h;2-4H,1H3,(H,5,6,7). The number of nitrogens with one attached hydrogen (secondary N) is 1. The second-order valence-electron chi connectivity index (χ2n) is 5.71. The molecule has 0 aromatic heterocycles. The summed E-state index contributed by atoms with van der Waals surface area (Å²) in [7, 11) is -4.22. The summed E-state index contributed by atoms with van der Waals surface area (Å²) in [4.78, 5) is 0. The molecule has 0 amide bonds.